The number of aryl methyl sites for hydroxylation is 2. The number of aromatic nitrogens is 2. The number of hydrogen-bond acceptors (Lipinski definition) is 3. The number of amides is 1. The van der Waals surface area contributed by atoms with E-state index in [0.29, 0.717) is 23.7 Å². The van der Waals surface area contributed by atoms with E-state index in [4.69, 9.17) is 16.7 Å². The van der Waals surface area contributed by atoms with Crippen molar-refractivity contribution in [1.29, 1.82) is 0 Å². The Labute approximate surface area is 116 Å². The maximum atomic E-state index is 11.5. The summed E-state index contributed by atoms with van der Waals surface area (Å²) >= 11 is 6.01. The molecule has 0 atom stereocenters. The van der Waals surface area contributed by atoms with E-state index >= 15 is 0 Å². The summed E-state index contributed by atoms with van der Waals surface area (Å²) in [6, 6.07) is 0. The number of carbonyl (C=O) groups is 2. The summed E-state index contributed by atoms with van der Waals surface area (Å²) in [7, 11) is 1.72. The van der Waals surface area contributed by atoms with Crippen molar-refractivity contribution in [3.63, 3.8) is 0 Å². The molecule has 19 heavy (non-hydrogen) atoms. The van der Waals surface area contributed by atoms with Crippen molar-refractivity contribution in [2.45, 2.75) is 19.8 Å². The number of carboxylic acids is 1. The minimum Gasteiger partial charge on any atom is -0.481 e. The molecule has 6 nitrogen and oxygen atoms in total. The fourth-order valence-electron chi connectivity index (χ4n) is 1.50. The number of nitrogens with one attached hydrogen (secondary N) is 1. The van der Waals surface area contributed by atoms with Gasteiger partial charge in [0.25, 0.3) is 0 Å². The van der Waals surface area contributed by atoms with Crippen LogP contribution in [-0.4, -0.2) is 33.3 Å². The van der Waals surface area contributed by atoms with Crippen LogP contribution in [-0.2, 0) is 16.6 Å². The minimum absolute atomic E-state index is 0.0392. The molecular weight excluding hydrogens is 270 g/mol. The van der Waals surface area contributed by atoms with Crippen LogP contribution in [0.1, 0.15) is 24.1 Å². The molecule has 0 aromatic carbocycles. The summed E-state index contributed by atoms with van der Waals surface area (Å²) in [5.41, 5.74) is 1.44. The van der Waals surface area contributed by atoms with Gasteiger partial charge in [-0.3, -0.25) is 14.3 Å². The molecule has 0 saturated heterocycles. The Bertz CT molecular complexity index is 509. The molecule has 2 N–H and O–H groups in total. The molecule has 0 bridgehead atoms. The zero-order chi connectivity index (χ0) is 14.4. The number of aliphatic carboxylic acids is 1. The largest absolute Gasteiger partial charge is 0.481 e. The molecule has 0 aliphatic rings. The van der Waals surface area contributed by atoms with Crippen molar-refractivity contribution in [3.8, 4) is 0 Å². The first-order chi connectivity index (χ1) is 8.91. The molecule has 0 unspecified atom stereocenters. The van der Waals surface area contributed by atoms with Gasteiger partial charge < -0.3 is 10.4 Å². The maximum Gasteiger partial charge on any atom is 0.303 e. The van der Waals surface area contributed by atoms with E-state index in [1.807, 2.05) is 0 Å². The van der Waals surface area contributed by atoms with Gasteiger partial charge in [-0.1, -0.05) is 11.6 Å². The van der Waals surface area contributed by atoms with Crippen LogP contribution in [0.15, 0.2) is 6.08 Å². The smallest absolute Gasteiger partial charge is 0.303 e. The highest BCUT2D eigenvalue weighted by atomic mass is 35.5. The van der Waals surface area contributed by atoms with Crippen molar-refractivity contribution in [1.82, 2.24) is 15.1 Å². The number of carbonyl (C=O) groups excluding carboxylic acids is 1. The van der Waals surface area contributed by atoms with E-state index in [1.54, 1.807) is 20.0 Å². The molecule has 1 heterocycles. The Kier molecular flexibility index (Phi) is 5.57. The fraction of sp³-hybridized carbons (Fsp3) is 0.417. The second-order valence-corrected chi connectivity index (χ2v) is 4.39. The Morgan fingerprint density at radius 1 is 1.53 bits per heavy atom. The third-order valence-electron chi connectivity index (χ3n) is 2.46. The lowest BCUT2D eigenvalue weighted by molar-refractivity contribution is -0.137. The first-order valence-electron chi connectivity index (χ1n) is 5.78. The third kappa shape index (κ3) is 4.75. The van der Waals surface area contributed by atoms with Crippen LogP contribution in [0, 0.1) is 6.92 Å². The molecule has 1 aromatic rings. The van der Waals surface area contributed by atoms with Gasteiger partial charge in [0.15, 0.2) is 0 Å². The van der Waals surface area contributed by atoms with Crippen LogP contribution < -0.4 is 5.32 Å². The van der Waals surface area contributed by atoms with Crippen molar-refractivity contribution >= 4 is 29.6 Å². The lowest BCUT2D eigenvalue weighted by Crippen LogP contribution is -2.22. The van der Waals surface area contributed by atoms with Crippen LogP contribution in [0.2, 0.25) is 5.15 Å². The lowest BCUT2D eigenvalue weighted by atomic mass is 10.2. The first-order valence-corrected chi connectivity index (χ1v) is 6.16. The van der Waals surface area contributed by atoms with Gasteiger partial charge in [-0.05, 0) is 19.4 Å². The molecule has 0 aliphatic carbocycles. The Morgan fingerprint density at radius 3 is 2.74 bits per heavy atom. The van der Waals surface area contributed by atoms with Gasteiger partial charge in [0.05, 0.1) is 5.69 Å². The standard InChI is InChI=1S/C12H16ClN3O3/c1-8-9(12(13)16(2)15-8)5-6-10(17)14-7-3-4-11(18)19/h5-6H,3-4,7H2,1-2H3,(H,14,17)(H,18,19)/b6-5+. The molecule has 0 spiro atoms. The average Bonchev–Trinajstić information content (AvgIpc) is 2.57. The Morgan fingerprint density at radius 2 is 2.21 bits per heavy atom. The topological polar surface area (TPSA) is 84.2 Å². The number of hydrogen-bond donors (Lipinski definition) is 2. The summed E-state index contributed by atoms with van der Waals surface area (Å²) in [6.45, 7) is 2.13. The van der Waals surface area contributed by atoms with Crippen LogP contribution >= 0.6 is 11.6 Å². The molecule has 1 amide bonds. The quantitative estimate of drug-likeness (QED) is 0.611. The Hall–Kier alpha value is -1.82. The van der Waals surface area contributed by atoms with Gasteiger partial charge in [-0.25, -0.2) is 0 Å². The van der Waals surface area contributed by atoms with Gasteiger partial charge in [-0.2, -0.15) is 5.10 Å². The molecule has 0 aliphatic heterocycles. The fourth-order valence-corrected chi connectivity index (χ4v) is 1.74. The molecule has 104 valence electrons. The molecular formula is C12H16ClN3O3. The summed E-state index contributed by atoms with van der Waals surface area (Å²) in [5.74, 6) is -1.16. The maximum absolute atomic E-state index is 11.5. The van der Waals surface area contributed by atoms with Crippen molar-refractivity contribution in [2.24, 2.45) is 7.05 Å². The highest BCUT2D eigenvalue weighted by Crippen LogP contribution is 2.19. The van der Waals surface area contributed by atoms with E-state index in [-0.39, 0.29) is 12.3 Å². The number of halogens is 1. The van der Waals surface area contributed by atoms with E-state index in [1.165, 1.54) is 10.8 Å². The normalized spacial score (nSPS) is 10.9. The zero-order valence-corrected chi connectivity index (χ0v) is 11.6. The van der Waals surface area contributed by atoms with E-state index in [0.717, 1.165) is 5.69 Å². The van der Waals surface area contributed by atoms with E-state index < -0.39 is 5.97 Å². The predicted octanol–water partition coefficient (Wildman–Crippen LogP) is 1.38. The third-order valence-corrected chi connectivity index (χ3v) is 2.91. The lowest BCUT2D eigenvalue weighted by Gasteiger charge is -1.99. The summed E-state index contributed by atoms with van der Waals surface area (Å²) in [4.78, 5) is 21.8. The highest BCUT2D eigenvalue weighted by molar-refractivity contribution is 6.31. The number of rotatable bonds is 6. The second kappa shape index (κ2) is 6.94. The molecule has 0 fully saturated rings. The van der Waals surface area contributed by atoms with E-state index in [2.05, 4.69) is 10.4 Å². The van der Waals surface area contributed by atoms with Crippen molar-refractivity contribution in [3.05, 3.63) is 22.5 Å². The zero-order valence-electron chi connectivity index (χ0n) is 10.8. The SMILES string of the molecule is Cc1nn(C)c(Cl)c1/C=C/C(=O)NCCCC(=O)O. The molecule has 0 saturated carbocycles. The van der Waals surface area contributed by atoms with Crippen molar-refractivity contribution in [2.75, 3.05) is 6.54 Å². The van der Waals surface area contributed by atoms with Gasteiger partial charge in [-0.15, -0.1) is 0 Å². The summed E-state index contributed by atoms with van der Waals surface area (Å²) in [6.07, 6.45) is 3.40. The number of nitrogens with zero attached hydrogens (tertiary/aromatic N) is 2. The van der Waals surface area contributed by atoms with Gasteiger partial charge in [0, 0.05) is 31.7 Å². The minimum atomic E-state index is -0.873. The van der Waals surface area contributed by atoms with Gasteiger partial charge in [0.2, 0.25) is 5.91 Å². The van der Waals surface area contributed by atoms with Gasteiger partial charge in [0.1, 0.15) is 5.15 Å². The molecule has 1 rings (SSSR count). The summed E-state index contributed by atoms with van der Waals surface area (Å²) < 4.78 is 1.53. The molecule has 1 aromatic heterocycles. The molecule has 0 radical (unpaired) electrons. The Balaban J connectivity index is 2.48. The first kappa shape index (κ1) is 15.2. The van der Waals surface area contributed by atoms with E-state index in [9.17, 15) is 9.59 Å². The molecule has 7 heteroatoms. The van der Waals surface area contributed by atoms with Gasteiger partial charge >= 0.3 is 5.97 Å². The highest BCUT2D eigenvalue weighted by Gasteiger charge is 2.08. The van der Waals surface area contributed by atoms with Crippen LogP contribution in [0.4, 0.5) is 0 Å². The van der Waals surface area contributed by atoms with Crippen molar-refractivity contribution < 1.29 is 14.7 Å². The number of carboxylic acid groups (broad SMARTS) is 1. The van der Waals surface area contributed by atoms with Crippen LogP contribution in [0.3, 0.4) is 0 Å². The second-order valence-electron chi connectivity index (χ2n) is 4.04. The average molecular weight is 286 g/mol. The van der Waals surface area contributed by atoms with Crippen LogP contribution in [0.5, 0.6) is 0 Å². The van der Waals surface area contributed by atoms with Crippen LogP contribution in [0.25, 0.3) is 6.08 Å². The predicted molar refractivity (Wildman–Crippen MR) is 71.9 cm³/mol. The summed E-state index contributed by atoms with van der Waals surface area (Å²) in [5, 5.41) is 15.6. The monoisotopic (exact) mass is 285 g/mol.